The van der Waals surface area contributed by atoms with Crippen LogP contribution in [-0.4, -0.2) is 29.2 Å². The van der Waals surface area contributed by atoms with E-state index in [1.54, 1.807) is 17.5 Å². The summed E-state index contributed by atoms with van der Waals surface area (Å²) in [6, 6.07) is 19.6. The van der Waals surface area contributed by atoms with Gasteiger partial charge in [-0.3, -0.25) is 4.79 Å². The number of aromatic nitrogens is 1. The first kappa shape index (κ1) is 17.4. The van der Waals surface area contributed by atoms with Gasteiger partial charge in [0.15, 0.2) is 5.13 Å². The molecule has 136 valence electrons. The molecule has 0 aliphatic carbocycles. The number of hydrogen-bond acceptors (Lipinski definition) is 5. The summed E-state index contributed by atoms with van der Waals surface area (Å²) in [6.07, 6.45) is 3.56. The summed E-state index contributed by atoms with van der Waals surface area (Å²) in [5.41, 5.74) is 5.48. The summed E-state index contributed by atoms with van der Waals surface area (Å²) in [5.74, 6) is -0.0907. The largest absolute Gasteiger partial charge is 0.336 e. The second-order valence-electron chi connectivity index (χ2n) is 6.33. The van der Waals surface area contributed by atoms with Gasteiger partial charge in [0.2, 0.25) is 0 Å². The normalized spacial score (nSPS) is 16.1. The van der Waals surface area contributed by atoms with Crippen LogP contribution >= 0.6 is 11.3 Å². The molecule has 1 fully saturated rings. The van der Waals surface area contributed by atoms with Crippen LogP contribution < -0.4 is 10.3 Å². The maximum Gasteiger partial charge on any atom is 0.262 e. The Labute approximate surface area is 162 Å². The molecule has 27 heavy (non-hydrogen) atoms. The molecule has 1 saturated heterocycles. The van der Waals surface area contributed by atoms with Gasteiger partial charge in [0.1, 0.15) is 6.04 Å². The molecule has 1 aliphatic heterocycles. The fraction of sp³-hybridized carbons (Fsp3) is 0.190. The van der Waals surface area contributed by atoms with Gasteiger partial charge in [0, 0.05) is 29.2 Å². The summed E-state index contributed by atoms with van der Waals surface area (Å²) < 4.78 is 0. The van der Waals surface area contributed by atoms with Gasteiger partial charge in [-0.2, -0.15) is 5.10 Å². The summed E-state index contributed by atoms with van der Waals surface area (Å²) >= 11 is 1.56. The third-order valence-corrected chi connectivity index (χ3v) is 5.40. The number of rotatable bonds is 5. The zero-order chi connectivity index (χ0) is 18.5. The highest BCUT2D eigenvalue weighted by Crippen LogP contribution is 2.27. The predicted molar refractivity (Wildman–Crippen MR) is 109 cm³/mol. The van der Waals surface area contributed by atoms with Crippen LogP contribution in [0.1, 0.15) is 24.0 Å². The minimum Gasteiger partial charge on any atom is -0.336 e. The molecule has 1 aromatic heterocycles. The number of hydrogen-bond donors (Lipinski definition) is 1. The molecule has 0 radical (unpaired) electrons. The third-order valence-electron chi connectivity index (χ3n) is 4.59. The van der Waals surface area contributed by atoms with E-state index in [0.29, 0.717) is 0 Å². The van der Waals surface area contributed by atoms with Crippen molar-refractivity contribution in [3.63, 3.8) is 0 Å². The van der Waals surface area contributed by atoms with E-state index in [1.165, 1.54) is 0 Å². The zero-order valence-corrected chi connectivity index (χ0v) is 15.6. The number of nitrogens with zero attached hydrogens (tertiary/aromatic N) is 3. The van der Waals surface area contributed by atoms with Crippen LogP contribution in [0.4, 0.5) is 5.13 Å². The van der Waals surface area contributed by atoms with Crippen molar-refractivity contribution in [3.8, 4) is 0 Å². The van der Waals surface area contributed by atoms with Crippen molar-refractivity contribution in [2.45, 2.75) is 18.9 Å². The van der Waals surface area contributed by atoms with Gasteiger partial charge in [0.25, 0.3) is 5.91 Å². The molecule has 0 bridgehead atoms. The summed E-state index contributed by atoms with van der Waals surface area (Å²) in [4.78, 5) is 19.3. The monoisotopic (exact) mass is 376 g/mol. The van der Waals surface area contributed by atoms with Crippen LogP contribution in [0, 0.1) is 0 Å². The first-order chi connectivity index (χ1) is 13.3. The lowest BCUT2D eigenvalue weighted by molar-refractivity contribution is -0.122. The molecular formula is C21H20N4OS. The lowest BCUT2D eigenvalue weighted by Gasteiger charge is -2.22. The molecule has 1 amide bonds. The molecule has 6 heteroatoms. The van der Waals surface area contributed by atoms with Crippen LogP contribution in [-0.2, 0) is 4.79 Å². The molecule has 0 saturated carbocycles. The van der Waals surface area contributed by atoms with Crippen molar-refractivity contribution < 1.29 is 4.79 Å². The Kier molecular flexibility index (Phi) is 5.25. The van der Waals surface area contributed by atoms with Gasteiger partial charge >= 0.3 is 0 Å². The predicted octanol–water partition coefficient (Wildman–Crippen LogP) is 3.68. The van der Waals surface area contributed by atoms with Crippen LogP contribution in [0.3, 0.4) is 0 Å². The molecule has 3 aromatic rings. The van der Waals surface area contributed by atoms with Gasteiger partial charge in [-0.1, -0.05) is 60.7 Å². The van der Waals surface area contributed by atoms with Crippen LogP contribution in [0.2, 0.25) is 0 Å². The van der Waals surface area contributed by atoms with E-state index in [4.69, 9.17) is 0 Å². The Morgan fingerprint density at radius 3 is 2.33 bits per heavy atom. The average Bonchev–Trinajstić information content (AvgIpc) is 3.41. The van der Waals surface area contributed by atoms with E-state index in [9.17, 15) is 4.79 Å². The summed E-state index contributed by atoms with van der Waals surface area (Å²) in [5, 5.41) is 7.32. The van der Waals surface area contributed by atoms with Gasteiger partial charge in [-0.25, -0.2) is 10.4 Å². The van der Waals surface area contributed by atoms with Crippen molar-refractivity contribution in [1.29, 1.82) is 0 Å². The van der Waals surface area contributed by atoms with Gasteiger partial charge < -0.3 is 4.90 Å². The van der Waals surface area contributed by atoms with Crippen molar-refractivity contribution in [1.82, 2.24) is 10.4 Å². The summed E-state index contributed by atoms with van der Waals surface area (Å²) in [6.45, 7) is 0.847. The van der Waals surface area contributed by atoms with E-state index < -0.39 is 0 Å². The molecule has 1 atom stereocenters. The number of nitrogens with one attached hydrogen (secondary N) is 1. The smallest absolute Gasteiger partial charge is 0.262 e. The molecule has 5 nitrogen and oxygen atoms in total. The fourth-order valence-electron chi connectivity index (χ4n) is 3.30. The van der Waals surface area contributed by atoms with Crippen molar-refractivity contribution in [3.05, 3.63) is 83.4 Å². The molecule has 0 spiro atoms. The Balaban J connectivity index is 1.57. The Morgan fingerprint density at radius 1 is 1.07 bits per heavy atom. The zero-order valence-electron chi connectivity index (χ0n) is 14.8. The van der Waals surface area contributed by atoms with Gasteiger partial charge in [0.05, 0.1) is 5.71 Å². The van der Waals surface area contributed by atoms with Crippen LogP contribution in [0.5, 0.6) is 0 Å². The minimum absolute atomic E-state index is 0.0907. The number of anilines is 1. The molecular weight excluding hydrogens is 356 g/mol. The first-order valence-corrected chi connectivity index (χ1v) is 9.85. The lowest BCUT2D eigenvalue weighted by Crippen LogP contribution is -2.42. The minimum atomic E-state index is -0.229. The molecule has 2 heterocycles. The highest BCUT2D eigenvalue weighted by Gasteiger charge is 2.32. The number of thiazole rings is 1. The standard InChI is InChI=1S/C21H20N4OS/c26-20(18-12-7-14-25(18)21-22-13-15-27-21)24-23-19(16-8-3-1-4-9-16)17-10-5-2-6-11-17/h1-6,8-11,13,15,18H,7,12,14H2,(H,24,26). The number of carbonyl (C=O) groups excluding carboxylic acids is 1. The second-order valence-corrected chi connectivity index (χ2v) is 7.21. The lowest BCUT2D eigenvalue weighted by atomic mass is 10.0. The van der Waals surface area contributed by atoms with E-state index in [-0.39, 0.29) is 11.9 Å². The van der Waals surface area contributed by atoms with E-state index in [0.717, 1.165) is 41.4 Å². The van der Waals surface area contributed by atoms with Crippen LogP contribution in [0.15, 0.2) is 77.3 Å². The number of amides is 1. The Morgan fingerprint density at radius 2 is 1.74 bits per heavy atom. The first-order valence-electron chi connectivity index (χ1n) is 8.97. The van der Waals surface area contributed by atoms with E-state index in [2.05, 4.69) is 20.4 Å². The molecule has 1 N–H and O–H groups in total. The topological polar surface area (TPSA) is 57.6 Å². The van der Waals surface area contributed by atoms with Crippen molar-refractivity contribution >= 4 is 28.1 Å². The van der Waals surface area contributed by atoms with E-state index >= 15 is 0 Å². The van der Waals surface area contributed by atoms with Crippen molar-refractivity contribution in [2.75, 3.05) is 11.4 Å². The number of carbonyl (C=O) groups is 1. The van der Waals surface area contributed by atoms with E-state index in [1.807, 2.05) is 66.0 Å². The average molecular weight is 376 g/mol. The van der Waals surface area contributed by atoms with Gasteiger partial charge in [-0.05, 0) is 12.8 Å². The molecule has 4 rings (SSSR count). The Bertz CT molecular complexity index is 868. The Hall–Kier alpha value is -2.99. The maximum atomic E-state index is 12.8. The molecule has 1 unspecified atom stereocenters. The fourth-order valence-corrected chi connectivity index (χ4v) is 4.02. The quantitative estimate of drug-likeness (QED) is 0.546. The SMILES string of the molecule is O=C(NN=C(c1ccccc1)c1ccccc1)C1CCCN1c1nccs1. The van der Waals surface area contributed by atoms with Gasteiger partial charge in [-0.15, -0.1) is 11.3 Å². The van der Waals surface area contributed by atoms with Crippen molar-refractivity contribution in [2.24, 2.45) is 5.10 Å². The highest BCUT2D eigenvalue weighted by atomic mass is 32.1. The molecule has 1 aliphatic rings. The van der Waals surface area contributed by atoms with Crippen LogP contribution in [0.25, 0.3) is 0 Å². The third kappa shape index (κ3) is 3.90. The number of hydrazone groups is 1. The number of benzene rings is 2. The second kappa shape index (κ2) is 8.14. The molecule has 2 aromatic carbocycles. The highest BCUT2D eigenvalue weighted by molar-refractivity contribution is 7.13. The maximum absolute atomic E-state index is 12.8. The summed E-state index contributed by atoms with van der Waals surface area (Å²) in [7, 11) is 0.